The van der Waals surface area contributed by atoms with E-state index in [1.165, 1.54) is 11.3 Å². The summed E-state index contributed by atoms with van der Waals surface area (Å²) < 4.78 is 21.2. The summed E-state index contributed by atoms with van der Waals surface area (Å²) in [7, 11) is 0. The van der Waals surface area contributed by atoms with Crippen molar-refractivity contribution in [2.45, 2.75) is 26.1 Å². The molecule has 0 saturated carbocycles. The highest BCUT2D eigenvalue weighted by atomic mass is 32.1. The van der Waals surface area contributed by atoms with E-state index >= 15 is 0 Å². The number of phenols is 1. The number of ether oxygens (including phenoxy) is 1. The zero-order valence-corrected chi connectivity index (χ0v) is 14.1. The molecule has 6 nitrogen and oxygen atoms in total. The maximum Gasteiger partial charge on any atom is 0.194 e. The summed E-state index contributed by atoms with van der Waals surface area (Å²) in [5.41, 5.74) is 3.14. The summed E-state index contributed by atoms with van der Waals surface area (Å²) in [6, 6.07) is 3.34. The zero-order chi connectivity index (χ0) is 16.8. The van der Waals surface area contributed by atoms with Gasteiger partial charge in [-0.1, -0.05) is 17.4 Å². The second-order valence-corrected chi connectivity index (χ2v) is 7.07. The molecule has 2 N–H and O–H groups in total. The Kier molecular flexibility index (Phi) is 3.65. The third-order valence-corrected chi connectivity index (χ3v) is 4.96. The van der Waals surface area contributed by atoms with Crippen LogP contribution in [0.3, 0.4) is 0 Å². The molecule has 0 aliphatic carbocycles. The van der Waals surface area contributed by atoms with Gasteiger partial charge in [0.2, 0.25) is 0 Å². The number of alkyl halides is 1. The first-order valence-electron chi connectivity index (χ1n) is 7.66. The van der Waals surface area contributed by atoms with Crippen LogP contribution in [0.15, 0.2) is 18.3 Å². The highest BCUT2D eigenvalue weighted by Crippen LogP contribution is 2.31. The number of phenolic OH excluding ortho intramolecular Hbond substituents is 1. The van der Waals surface area contributed by atoms with Gasteiger partial charge >= 0.3 is 0 Å². The predicted molar refractivity (Wildman–Crippen MR) is 91.0 cm³/mol. The van der Waals surface area contributed by atoms with Crippen LogP contribution in [0.25, 0.3) is 16.0 Å². The van der Waals surface area contributed by atoms with Gasteiger partial charge in [0.15, 0.2) is 10.8 Å². The molecule has 3 heterocycles. The molecule has 8 heteroatoms. The summed E-state index contributed by atoms with van der Waals surface area (Å²) >= 11 is 1.41. The molecular formula is C16H17FN4O2S. The maximum atomic E-state index is 13.6. The molecular weight excluding hydrogens is 331 g/mol. The summed E-state index contributed by atoms with van der Waals surface area (Å²) in [5, 5.41) is 18.3. The third-order valence-electron chi connectivity index (χ3n) is 4.05. The second kappa shape index (κ2) is 5.71. The van der Waals surface area contributed by atoms with Gasteiger partial charge in [0.1, 0.15) is 17.6 Å². The molecule has 0 unspecified atom stereocenters. The molecule has 1 saturated heterocycles. The topological polar surface area (TPSA) is 72.2 Å². The van der Waals surface area contributed by atoms with Gasteiger partial charge in [-0.2, -0.15) is 4.98 Å². The molecule has 1 fully saturated rings. The van der Waals surface area contributed by atoms with E-state index in [0.29, 0.717) is 23.1 Å². The molecule has 4 rings (SSSR count). The van der Waals surface area contributed by atoms with Crippen LogP contribution in [0, 0.1) is 13.8 Å². The highest BCUT2D eigenvalue weighted by Gasteiger charge is 2.28. The molecule has 0 bridgehead atoms. The fourth-order valence-electron chi connectivity index (χ4n) is 2.95. The normalized spacial score (nSPS) is 20.8. The summed E-state index contributed by atoms with van der Waals surface area (Å²) in [4.78, 5) is 4.41. The Morgan fingerprint density at radius 2 is 2.21 bits per heavy atom. The smallest absolute Gasteiger partial charge is 0.194 e. The van der Waals surface area contributed by atoms with Crippen LogP contribution < -0.4 is 5.32 Å². The Labute approximate surface area is 141 Å². The number of nitrogens with one attached hydrogen (secondary N) is 1. The number of rotatable bonds is 3. The Bertz CT molecular complexity index is 852. The lowest BCUT2D eigenvalue weighted by Gasteiger charge is -2.11. The number of thiazole rings is 1. The maximum absolute atomic E-state index is 13.6. The zero-order valence-electron chi connectivity index (χ0n) is 13.3. The van der Waals surface area contributed by atoms with Crippen LogP contribution >= 0.6 is 11.3 Å². The van der Waals surface area contributed by atoms with Gasteiger partial charge in [0.25, 0.3) is 0 Å². The number of aromatic hydroxyl groups is 1. The molecule has 126 valence electrons. The van der Waals surface area contributed by atoms with Crippen LogP contribution in [0.5, 0.6) is 5.75 Å². The van der Waals surface area contributed by atoms with E-state index in [9.17, 15) is 9.50 Å². The minimum atomic E-state index is -1.02. The number of nitrogens with zero attached hydrogens (tertiary/aromatic N) is 3. The van der Waals surface area contributed by atoms with Gasteiger partial charge in [-0.25, -0.2) is 9.07 Å². The van der Waals surface area contributed by atoms with Crippen molar-refractivity contribution in [2.75, 3.05) is 18.5 Å². The average Bonchev–Trinajstić information content (AvgIpc) is 3.14. The number of aryl methyl sites for hydroxylation is 2. The third kappa shape index (κ3) is 2.61. The lowest BCUT2D eigenvalue weighted by atomic mass is 10.1. The van der Waals surface area contributed by atoms with E-state index in [1.807, 2.05) is 26.1 Å². The van der Waals surface area contributed by atoms with Gasteiger partial charge in [-0.15, -0.1) is 5.10 Å². The lowest BCUT2D eigenvalue weighted by Crippen LogP contribution is -2.28. The van der Waals surface area contributed by atoms with Crippen LogP contribution in [0.2, 0.25) is 0 Å². The summed E-state index contributed by atoms with van der Waals surface area (Å²) in [6.45, 7) is 4.33. The number of anilines is 1. The van der Waals surface area contributed by atoms with Crippen LogP contribution in [-0.4, -0.2) is 45.3 Å². The Morgan fingerprint density at radius 1 is 1.38 bits per heavy atom. The fourth-order valence-corrected chi connectivity index (χ4v) is 3.83. The Morgan fingerprint density at radius 3 is 2.88 bits per heavy atom. The van der Waals surface area contributed by atoms with Gasteiger partial charge in [0.05, 0.1) is 30.2 Å². The molecule has 0 spiro atoms. The minimum absolute atomic E-state index is 0.124. The number of halogens is 1. The van der Waals surface area contributed by atoms with Crippen molar-refractivity contribution >= 4 is 26.8 Å². The molecule has 3 aromatic rings. The van der Waals surface area contributed by atoms with E-state index in [-0.39, 0.29) is 18.4 Å². The predicted octanol–water partition coefficient (Wildman–Crippen LogP) is 2.95. The van der Waals surface area contributed by atoms with Gasteiger partial charge < -0.3 is 15.2 Å². The van der Waals surface area contributed by atoms with Crippen molar-refractivity contribution in [3.05, 3.63) is 29.5 Å². The second-order valence-electron chi connectivity index (χ2n) is 6.03. The molecule has 0 radical (unpaired) electrons. The standard InChI is InChI=1S/C16H17FN4O2S/c1-8-3-9(2)14(12(22)4-8)21-5-13-15(20-21)19-16(24-13)18-11-7-23-6-10(11)17/h3-5,10-11,22H,6-7H2,1-2H3,(H,18,19,20)/t10-,11+/m1/s1. The molecule has 2 aromatic heterocycles. The van der Waals surface area contributed by atoms with E-state index in [1.54, 1.807) is 10.7 Å². The Balaban J connectivity index is 1.65. The minimum Gasteiger partial charge on any atom is -0.506 e. The summed E-state index contributed by atoms with van der Waals surface area (Å²) in [6.07, 6.45) is 0.807. The molecule has 0 amide bonds. The number of benzene rings is 1. The number of aromatic nitrogens is 3. The monoisotopic (exact) mass is 348 g/mol. The van der Waals surface area contributed by atoms with Gasteiger partial charge in [-0.05, 0) is 31.0 Å². The van der Waals surface area contributed by atoms with Crippen molar-refractivity contribution in [3.63, 3.8) is 0 Å². The van der Waals surface area contributed by atoms with E-state index in [2.05, 4.69) is 15.4 Å². The van der Waals surface area contributed by atoms with Crippen molar-refractivity contribution < 1.29 is 14.2 Å². The van der Waals surface area contributed by atoms with Crippen molar-refractivity contribution in [2.24, 2.45) is 0 Å². The van der Waals surface area contributed by atoms with Gasteiger partial charge in [0, 0.05) is 0 Å². The lowest BCUT2D eigenvalue weighted by molar-refractivity contribution is 0.173. The van der Waals surface area contributed by atoms with E-state index in [4.69, 9.17) is 4.74 Å². The van der Waals surface area contributed by atoms with Gasteiger partial charge in [-0.3, -0.25) is 0 Å². The highest BCUT2D eigenvalue weighted by molar-refractivity contribution is 7.22. The first kappa shape index (κ1) is 15.3. The SMILES string of the molecule is Cc1cc(C)c(-n2cc3sc(N[C@H]4COC[C@H]4F)nc3n2)c(O)c1. The van der Waals surface area contributed by atoms with E-state index in [0.717, 1.165) is 15.8 Å². The van der Waals surface area contributed by atoms with Crippen molar-refractivity contribution in [1.82, 2.24) is 14.8 Å². The fraction of sp³-hybridized carbons (Fsp3) is 0.375. The first-order valence-corrected chi connectivity index (χ1v) is 8.48. The van der Waals surface area contributed by atoms with Crippen molar-refractivity contribution in [1.29, 1.82) is 0 Å². The van der Waals surface area contributed by atoms with E-state index < -0.39 is 6.17 Å². The molecule has 1 aromatic carbocycles. The van der Waals surface area contributed by atoms with Crippen molar-refractivity contribution in [3.8, 4) is 11.4 Å². The largest absolute Gasteiger partial charge is 0.506 e. The number of fused-ring (bicyclic) bond motifs is 1. The first-order chi connectivity index (χ1) is 11.5. The van der Waals surface area contributed by atoms with Crippen LogP contribution in [0.4, 0.5) is 9.52 Å². The molecule has 24 heavy (non-hydrogen) atoms. The summed E-state index contributed by atoms with van der Waals surface area (Å²) in [5.74, 6) is 0.185. The average molecular weight is 348 g/mol. The molecule has 2 atom stereocenters. The van der Waals surface area contributed by atoms with Crippen LogP contribution in [-0.2, 0) is 4.74 Å². The molecule has 1 aliphatic heterocycles. The quantitative estimate of drug-likeness (QED) is 0.761. The number of hydrogen-bond donors (Lipinski definition) is 2. The Hall–Kier alpha value is -2.19. The van der Waals surface area contributed by atoms with Crippen LogP contribution in [0.1, 0.15) is 11.1 Å². The number of hydrogen-bond acceptors (Lipinski definition) is 6. The molecule has 1 aliphatic rings.